The summed E-state index contributed by atoms with van der Waals surface area (Å²) in [5.74, 6) is 0. The normalized spacial score (nSPS) is 32.5. The lowest BCUT2D eigenvalue weighted by atomic mass is 10.3. The van der Waals surface area contributed by atoms with E-state index in [-0.39, 0.29) is 0 Å². The van der Waals surface area contributed by atoms with Crippen molar-refractivity contribution >= 4 is 7.75 Å². The summed E-state index contributed by atoms with van der Waals surface area (Å²) in [5.41, 5.74) is 5.26. The molecule has 0 aliphatic carbocycles. The highest BCUT2D eigenvalue weighted by atomic mass is 31.2. The summed E-state index contributed by atoms with van der Waals surface area (Å²) >= 11 is 0. The summed E-state index contributed by atoms with van der Waals surface area (Å²) in [6, 6.07) is -0.985. The SMILES string of the molecule is CN1CCCCN(C)C12OP(N)(=O)O2. The Kier molecular flexibility index (Phi) is 2.46. The smallest absolute Gasteiger partial charge is 0.241 e. The Labute approximate surface area is 83.5 Å². The van der Waals surface area contributed by atoms with Gasteiger partial charge in [0.1, 0.15) is 0 Å². The minimum Gasteiger partial charge on any atom is -0.241 e. The lowest BCUT2D eigenvalue weighted by Gasteiger charge is -2.51. The molecule has 0 aromatic rings. The fourth-order valence-electron chi connectivity index (χ4n) is 1.89. The Bertz CT molecular complexity index is 261. The fourth-order valence-corrected chi connectivity index (χ4v) is 3.12. The Morgan fingerprint density at radius 3 is 2.00 bits per heavy atom. The Morgan fingerprint density at radius 2 is 1.64 bits per heavy atom. The van der Waals surface area contributed by atoms with Gasteiger partial charge in [0.15, 0.2) is 0 Å². The molecule has 0 amide bonds. The third-order valence-corrected chi connectivity index (χ3v) is 3.68. The molecule has 0 aromatic heterocycles. The van der Waals surface area contributed by atoms with Crippen molar-refractivity contribution in [3.05, 3.63) is 0 Å². The van der Waals surface area contributed by atoms with Gasteiger partial charge in [0.2, 0.25) is 0 Å². The van der Waals surface area contributed by atoms with E-state index in [1.807, 2.05) is 23.9 Å². The monoisotopic (exact) mass is 221 g/mol. The van der Waals surface area contributed by atoms with Crippen LogP contribution in [0.15, 0.2) is 0 Å². The molecule has 82 valence electrons. The van der Waals surface area contributed by atoms with Crippen LogP contribution in [0, 0.1) is 0 Å². The highest BCUT2D eigenvalue weighted by Gasteiger charge is 2.60. The minimum atomic E-state index is -3.28. The van der Waals surface area contributed by atoms with Crippen LogP contribution >= 0.6 is 7.75 Å². The van der Waals surface area contributed by atoms with E-state index >= 15 is 0 Å². The summed E-state index contributed by atoms with van der Waals surface area (Å²) in [6.45, 7) is 1.70. The van der Waals surface area contributed by atoms with E-state index in [0.717, 1.165) is 25.9 Å². The summed E-state index contributed by atoms with van der Waals surface area (Å²) in [7, 11) is 0.475. The van der Waals surface area contributed by atoms with Gasteiger partial charge in [-0.1, -0.05) is 0 Å². The predicted octanol–water partition coefficient (Wildman–Crippen LogP) is 0.369. The molecule has 0 bridgehead atoms. The van der Waals surface area contributed by atoms with E-state index in [1.165, 1.54) is 0 Å². The van der Waals surface area contributed by atoms with Gasteiger partial charge in [-0.2, -0.15) is 0 Å². The molecule has 2 aliphatic rings. The molecule has 2 heterocycles. The molecule has 2 N–H and O–H groups in total. The average Bonchev–Trinajstić information content (AvgIpc) is 2.16. The van der Waals surface area contributed by atoms with Gasteiger partial charge in [-0.05, 0) is 26.9 Å². The maximum absolute atomic E-state index is 11.2. The summed E-state index contributed by atoms with van der Waals surface area (Å²) < 4.78 is 21.7. The van der Waals surface area contributed by atoms with Crippen LogP contribution in [0.2, 0.25) is 0 Å². The molecule has 0 saturated carbocycles. The van der Waals surface area contributed by atoms with Crippen molar-refractivity contribution in [3.8, 4) is 0 Å². The lowest BCUT2D eigenvalue weighted by molar-refractivity contribution is -0.354. The van der Waals surface area contributed by atoms with E-state index in [0.29, 0.717) is 0 Å². The largest absolute Gasteiger partial charge is 0.412 e. The molecule has 0 unspecified atom stereocenters. The highest BCUT2D eigenvalue weighted by molar-refractivity contribution is 7.52. The lowest BCUT2D eigenvalue weighted by Crippen LogP contribution is -2.65. The molecule has 0 radical (unpaired) electrons. The van der Waals surface area contributed by atoms with Crippen molar-refractivity contribution in [2.24, 2.45) is 5.50 Å². The summed E-state index contributed by atoms with van der Waals surface area (Å²) in [5, 5.41) is 0. The van der Waals surface area contributed by atoms with Crippen molar-refractivity contribution < 1.29 is 13.6 Å². The predicted molar refractivity (Wildman–Crippen MR) is 51.2 cm³/mol. The molecule has 0 aromatic carbocycles. The fraction of sp³-hybridized carbons (Fsp3) is 1.00. The molecular weight excluding hydrogens is 205 g/mol. The van der Waals surface area contributed by atoms with Crippen LogP contribution in [0.4, 0.5) is 0 Å². The summed E-state index contributed by atoms with van der Waals surface area (Å²) in [4.78, 5) is 3.78. The van der Waals surface area contributed by atoms with E-state index < -0.39 is 13.8 Å². The van der Waals surface area contributed by atoms with Gasteiger partial charge in [0, 0.05) is 13.1 Å². The number of rotatable bonds is 0. The van der Waals surface area contributed by atoms with Crippen molar-refractivity contribution in [1.82, 2.24) is 9.80 Å². The van der Waals surface area contributed by atoms with Gasteiger partial charge in [-0.3, -0.25) is 0 Å². The third-order valence-electron chi connectivity index (χ3n) is 2.69. The van der Waals surface area contributed by atoms with Gasteiger partial charge in [0.05, 0.1) is 0 Å². The van der Waals surface area contributed by atoms with Crippen LogP contribution in [0.1, 0.15) is 12.8 Å². The molecule has 2 rings (SSSR count). The second kappa shape index (κ2) is 3.27. The Balaban J connectivity index is 2.18. The zero-order chi connectivity index (χ0) is 10.4. The second-order valence-electron chi connectivity index (χ2n) is 3.82. The van der Waals surface area contributed by atoms with Gasteiger partial charge in [0.25, 0.3) is 0 Å². The number of hydrogen-bond acceptors (Lipinski definition) is 5. The first kappa shape index (κ1) is 10.5. The topological polar surface area (TPSA) is 68.0 Å². The molecule has 2 fully saturated rings. The van der Waals surface area contributed by atoms with Crippen molar-refractivity contribution in [2.45, 2.75) is 18.9 Å². The highest BCUT2D eigenvalue weighted by Crippen LogP contribution is 2.60. The quantitative estimate of drug-likeness (QED) is 0.596. The van der Waals surface area contributed by atoms with E-state index in [4.69, 9.17) is 14.6 Å². The van der Waals surface area contributed by atoms with Gasteiger partial charge >= 0.3 is 13.8 Å². The standard InChI is InChI=1S/C7H16N3O3P/c1-9-5-3-4-6-10(2)7(9)12-14(8,11)13-7/h3-6H2,1-2H3,(H2,8,11). The minimum absolute atomic E-state index is 0.852. The van der Waals surface area contributed by atoms with Gasteiger partial charge < -0.3 is 0 Å². The first-order valence-corrected chi connectivity index (χ1v) is 6.30. The van der Waals surface area contributed by atoms with E-state index in [9.17, 15) is 4.57 Å². The molecule has 7 heteroatoms. The van der Waals surface area contributed by atoms with Crippen LogP contribution in [-0.2, 0) is 13.6 Å². The van der Waals surface area contributed by atoms with Crippen LogP contribution in [0.5, 0.6) is 0 Å². The molecule has 2 saturated heterocycles. The van der Waals surface area contributed by atoms with E-state index in [1.54, 1.807) is 0 Å². The third kappa shape index (κ3) is 1.52. The van der Waals surface area contributed by atoms with Crippen LogP contribution in [-0.4, -0.2) is 43.0 Å². The summed E-state index contributed by atoms with van der Waals surface area (Å²) in [6.07, 6.45) is 2.15. The number of hydrogen-bond donors (Lipinski definition) is 1. The number of nitrogens with two attached hydrogens (primary N) is 1. The molecule has 6 nitrogen and oxygen atoms in total. The molecule has 0 atom stereocenters. The molecule has 14 heavy (non-hydrogen) atoms. The van der Waals surface area contributed by atoms with Crippen LogP contribution in [0.3, 0.4) is 0 Å². The molecule has 2 aliphatic heterocycles. The van der Waals surface area contributed by atoms with Gasteiger partial charge in [-0.15, -0.1) is 0 Å². The van der Waals surface area contributed by atoms with Crippen molar-refractivity contribution in [1.29, 1.82) is 0 Å². The number of nitrogens with zero attached hydrogens (tertiary/aromatic N) is 2. The molecular formula is C7H16N3O3P. The maximum Gasteiger partial charge on any atom is 0.412 e. The average molecular weight is 221 g/mol. The molecule has 1 spiro atoms. The zero-order valence-corrected chi connectivity index (χ0v) is 9.37. The second-order valence-corrected chi connectivity index (χ2v) is 5.27. The van der Waals surface area contributed by atoms with Crippen molar-refractivity contribution in [2.75, 3.05) is 27.2 Å². The Hall–Kier alpha value is 0.0300. The van der Waals surface area contributed by atoms with Crippen LogP contribution in [0.25, 0.3) is 0 Å². The van der Waals surface area contributed by atoms with Gasteiger partial charge in [-0.25, -0.2) is 28.9 Å². The first-order valence-electron chi connectivity index (χ1n) is 4.69. The van der Waals surface area contributed by atoms with Crippen LogP contribution < -0.4 is 5.50 Å². The first-order chi connectivity index (χ1) is 6.46. The zero-order valence-electron chi connectivity index (χ0n) is 8.47. The van der Waals surface area contributed by atoms with E-state index in [2.05, 4.69) is 0 Å². The Morgan fingerprint density at radius 1 is 1.21 bits per heavy atom. The maximum atomic E-state index is 11.2. The van der Waals surface area contributed by atoms with Crippen molar-refractivity contribution in [3.63, 3.8) is 0 Å².